The van der Waals surface area contributed by atoms with Crippen LogP contribution in [-0.4, -0.2) is 64.3 Å². The van der Waals surface area contributed by atoms with Crippen LogP contribution in [0.3, 0.4) is 0 Å². The number of aliphatic hydroxyl groups is 1. The largest absolute Gasteiger partial charge is 0.444 e. The van der Waals surface area contributed by atoms with E-state index in [0.717, 1.165) is 10.0 Å². The highest BCUT2D eigenvalue weighted by Gasteiger charge is 2.42. The van der Waals surface area contributed by atoms with Crippen LogP contribution in [0.15, 0.2) is 28.7 Å². The zero-order chi connectivity index (χ0) is 21.8. The molecule has 1 aliphatic rings. The molecule has 2 rings (SSSR count). The summed E-state index contributed by atoms with van der Waals surface area (Å²) in [5.74, 6) is -0.749. The van der Waals surface area contributed by atoms with Crippen LogP contribution in [0.1, 0.15) is 58.9 Å². The summed E-state index contributed by atoms with van der Waals surface area (Å²) in [5.41, 5.74) is -0.875. The van der Waals surface area contributed by atoms with Gasteiger partial charge in [-0.15, -0.1) is 0 Å². The molecule has 1 N–H and O–H groups in total. The highest BCUT2D eigenvalue weighted by molar-refractivity contribution is 9.10. The van der Waals surface area contributed by atoms with Crippen LogP contribution in [0.4, 0.5) is 4.79 Å². The first-order valence-electron chi connectivity index (χ1n) is 10.2. The van der Waals surface area contributed by atoms with Crippen molar-refractivity contribution >= 4 is 27.9 Å². The van der Waals surface area contributed by atoms with Crippen molar-refractivity contribution in [2.24, 2.45) is 0 Å². The molecule has 1 heterocycles. The van der Waals surface area contributed by atoms with Gasteiger partial charge in [-0.05, 0) is 51.3 Å². The Morgan fingerprint density at radius 2 is 1.66 bits per heavy atom. The average Bonchev–Trinajstić information content (AvgIpc) is 2.66. The van der Waals surface area contributed by atoms with Crippen LogP contribution in [0, 0.1) is 0 Å². The SMILES string of the molecule is CCC(O)(CC)C(C(=O)N1CCN(C(=O)OC(C)(C)C)CC1)c1cccc(Br)c1. The molecule has 7 heteroatoms. The third-order valence-corrected chi connectivity index (χ3v) is 5.93. The first kappa shape index (κ1) is 23.7. The molecule has 0 saturated carbocycles. The molecule has 1 aromatic rings. The quantitative estimate of drug-likeness (QED) is 0.703. The van der Waals surface area contributed by atoms with Crippen LogP contribution < -0.4 is 0 Å². The van der Waals surface area contributed by atoms with E-state index in [2.05, 4.69) is 15.9 Å². The number of carbonyl (C=O) groups is 2. The predicted octanol–water partition coefficient (Wildman–Crippen LogP) is 4.16. The number of benzene rings is 1. The number of hydrogen-bond acceptors (Lipinski definition) is 4. The van der Waals surface area contributed by atoms with E-state index in [1.54, 1.807) is 9.80 Å². The lowest BCUT2D eigenvalue weighted by Crippen LogP contribution is -2.55. The number of piperazine rings is 1. The van der Waals surface area contributed by atoms with Gasteiger partial charge >= 0.3 is 6.09 Å². The van der Waals surface area contributed by atoms with Crippen LogP contribution in [0.5, 0.6) is 0 Å². The summed E-state index contributed by atoms with van der Waals surface area (Å²) in [6.45, 7) is 11.0. The van der Waals surface area contributed by atoms with E-state index in [-0.39, 0.29) is 12.0 Å². The van der Waals surface area contributed by atoms with Gasteiger partial charge in [0.25, 0.3) is 0 Å². The average molecular weight is 469 g/mol. The van der Waals surface area contributed by atoms with Gasteiger partial charge in [-0.1, -0.05) is 41.9 Å². The number of halogens is 1. The van der Waals surface area contributed by atoms with Gasteiger partial charge in [0.05, 0.1) is 11.5 Å². The van der Waals surface area contributed by atoms with Crippen LogP contribution in [0.25, 0.3) is 0 Å². The third kappa shape index (κ3) is 5.95. The second kappa shape index (κ2) is 9.47. The Morgan fingerprint density at radius 1 is 1.10 bits per heavy atom. The monoisotopic (exact) mass is 468 g/mol. The maximum Gasteiger partial charge on any atom is 0.410 e. The van der Waals surface area contributed by atoms with Gasteiger partial charge in [0.1, 0.15) is 5.60 Å². The molecule has 1 aromatic carbocycles. The fourth-order valence-electron chi connectivity index (χ4n) is 3.65. The van der Waals surface area contributed by atoms with E-state index < -0.39 is 17.1 Å². The maximum absolute atomic E-state index is 13.5. The summed E-state index contributed by atoms with van der Waals surface area (Å²) in [7, 11) is 0. The minimum absolute atomic E-state index is 0.0989. The Labute approximate surface area is 182 Å². The topological polar surface area (TPSA) is 70.1 Å². The van der Waals surface area contributed by atoms with Gasteiger partial charge in [0.15, 0.2) is 0 Å². The van der Waals surface area contributed by atoms with Crippen molar-refractivity contribution in [2.45, 2.75) is 64.6 Å². The summed E-state index contributed by atoms with van der Waals surface area (Å²) >= 11 is 3.47. The second-order valence-corrected chi connectivity index (χ2v) is 9.51. The predicted molar refractivity (Wildman–Crippen MR) is 117 cm³/mol. The number of rotatable bonds is 5. The van der Waals surface area contributed by atoms with E-state index in [1.165, 1.54) is 0 Å². The van der Waals surface area contributed by atoms with Gasteiger partial charge < -0.3 is 19.6 Å². The van der Waals surface area contributed by atoms with E-state index in [1.807, 2.05) is 58.9 Å². The Kier molecular flexibility index (Phi) is 7.74. The molecule has 1 fully saturated rings. The first-order chi connectivity index (χ1) is 13.5. The molecule has 1 unspecified atom stereocenters. The van der Waals surface area contributed by atoms with Crippen LogP contribution in [-0.2, 0) is 9.53 Å². The standard InChI is InChI=1S/C22H33BrN2O4/c1-6-22(28,7-2)18(16-9-8-10-17(23)15-16)19(26)24-11-13-25(14-12-24)20(27)29-21(3,4)5/h8-10,15,18,28H,6-7,11-14H2,1-5H3. The molecule has 29 heavy (non-hydrogen) atoms. The van der Waals surface area contributed by atoms with Crippen LogP contribution in [0.2, 0.25) is 0 Å². The van der Waals surface area contributed by atoms with Crippen molar-refractivity contribution in [1.29, 1.82) is 0 Å². The summed E-state index contributed by atoms with van der Waals surface area (Å²) in [6.07, 6.45) is 0.598. The Hall–Kier alpha value is -1.60. The summed E-state index contributed by atoms with van der Waals surface area (Å²) in [6, 6.07) is 7.57. The lowest BCUT2D eigenvalue weighted by atomic mass is 9.77. The van der Waals surface area contributed by atoms with Crippen molar-refractivity contribution in [3.8, 4) is 0 Å². The van der Waals surface area contributed by atoms with Gasteiger partial charge in [0.2, 0.25) is 5.91 Å². The molecular weight excluding hydrogens is 436 g/mol. The van der Waals surface area contributed by atoms with Gasteiger partial charge in [0, 0.05) is 30.7 Å². The normalized spacial score (nSPS) is 16.5. The number of nitrogens with zero attached hydrogens (tertiary/aromatic N) is 2. The van der Waals surface area contributed by atoms with E-state index in [4.69, 9.17) is 4.74 Å². The highest BCUT2D eigenvalue weighted by Crippen LogP contribution is 2.36. The van der Waals surface area contributed by atoms with Gasteiger partial charge in [-0.25, -0.2) is 4.79 Å². The minimum atomic E-state index is -1.12. The van der Waals surface area contributed by atoms with E-state index >= 15 is 0 Å². The van der Waals surface area contributed by atoms with Crippen molar-refractivity contribution in [2.75, 3.05) is 26.2 Å². The molecule has 162 valence electrons. The Bertz CT molecular complexity index is 720. The molecule has 0 aromatic heterocycles. The molecule has 0 bridgehead atoms. The number of amides is 2. The van der Waals surface area contributed by atoms with Crippen molar-refractivity contribution in [1.82, 2.24) is 9.80 Å². The van der Waals surface area contributed by atoms with Crippen LogP contribution >= 0.6 is 15.9 Å². The zero-order valence-electron chi connectivity index (χ0n) is 18.1. The third-order valence-electron chi connectivity index (χ3n) is 5.43. The molecule has 0 aliphatic carbocycles. The minimum Gasteiger partial charge on any atom is -0.444 e. The molecule has 1 aliphatic heterocycles. The molecule has 6 nitrogen and oxygen atoms in total. The number of hydrogen-bond donors (Lipinski definition) is 1. The van der Waals surface area contributed by atoms with Crippen molar-refractivity contribution < 1.29 is 19.4 Å². The summed E-state index contributed by atoms with van der Waals surface area (Å²) in [5, 5.41) is 11.3. The zero-order valence-corrected chi connectivity index (χ0v) is 19.7. The van der Waals surface area contributed by atoms with Crippen molar-refractivity contribution in [3.63, 3.8) is 0 Å². The molecule has 0 spiro atoms. The van der Waals surface area contributed by atoms with Crippen molar-refractivity contribution in [3.05, 3.63) is 34.3 Å². The van der Waals surface area contributed by atoms with Gasteiger partial charge in [-0.2, -0.15) is 0 Å². The highest BCUT2D eigenvalue weighted by atomic mass is 79.9. The summed E-state index contributed by atoms with van der Waals surface area (Å²) in [4.78, 5) is 29.2. The van der Waals surface area contributed by atoms with E-state index in [9.17, 15) is 14.7 Å². The fraction of sp³-hybridized carbons (Fsp3) is 0.636. The fourth-order valence-corrected chi connectivity index (χ4v) is 4.06. The molecule has 1 saturated heterocycles. The Morgan fingerprint density at radius 3 is 2.14 bits per heavy atom. The number of ether oxygens (including phenoxy) is 1. The van der Waals surface area contributed by atoms with E-state index in [0.29, 0.717) is 39.0 Å². The second-order valence-electron chi connectivity index (χ2n) is 8.59. The molecule has 2 amide bonds. The van der Waals surface area contributed by atoms with Gasteiger partial charge in [-0.3, -0.25) is 4.79 Å². The number of carbonyl (C=O) groups excluding carboxylic acids is 2. The molecular formula is C22H33BrN2O4. The smallest absolute Gasteiger partial charge is 0.410 e. The summed E-state index contributed by atoms with van der Waals surface area (Å²) < 4.78 is 6.30. The molecule has 1 atom stereocenters. The Balaban J connectivity index is 2.18. The molecule has 0 radical (unpaired) electrons. The lowest BCUT2D eigenvalue weighted by Gasteiger charge is -2.41. The maximum atomic E-state index is 13.5. The lowest BCUT2D eigenvalue weighted by molar-refractivity contribution is -0.142. The first-order valence-corrected chi connectivity index (χ1v) is 11.0.